The zero-order valence-corrected chi connectivity index (χ0v) is 15.8. The number of nitrogens with one attached hydrogen (secondary N) is 3. The Hall–Kier alpha value is -3.20. The van der Waals surface area contributed by atoms with Crippen LogP contribution in [-0.2, 0) is 19.6 Å². The lowest BCUT2D eigenvalue weighted by Crippen LogP contribution is -2.36. The minimum absolute atomic E-state index is 0.118. The number of aromatic nitrogens is 5. The molecule has 0 aliphatic carbocycles. The van der Waals surface area contributed by atoms with Crippen molar-refractivity contribution in [3.05, 3.63) is 59.9 Å². The fourth-order valence-corrected chi connectivity index (χ4v) is 3.27. The first kappa shape index (κ1) is 18.2. The van der Waals surface area contributed by atoms with Gasteiger partial charge in [0, 0.05) is 13.1 Å². The Kier molecular flexibility index (Phi) is 5.34. The topological polar surface area (TPSA) is 102 Å². The minimum atomic E-state index is -0.214. The summed E-state index contributed by atoms with van der Waals surface area (Å²) in [5, 5.41) is 17.9. The summed E-state index contributed by atoms with van der Waals surface area (Å²) in [6.07, 6.45) is 4.21. The maximum atomic E-state index is 12.3. The molecular weight excluding hydrogens is 356 g/mol. The standard InChI is InChI=1S/C19H24N8O/c1-14(15-3-5-17(6-4-15)27-13-21-12-23-27)24-19(28)22-10-16-9-18-11-20-7-2-8-26(18)25-16/h3-6,9,12-14,20H,2,7-8,10-11H2,1H3,(H2,22,24,28)/t14-/m1/s1. The van der Waals surface area contributed by atoms with Crippen molar-refractivity contribution >= 4 is 6.03 Å². The monoisotopic (exact) mass is 380 g/mol. The normalized spacial score (nSPS) is 14.8. The van der Waals surface area contributed by atoms with E-state index in [0.717, 1.165) is 48.7 Å². The summed E-state index contributed by atoms with van der Waals surface area (Å²) in [5.41, 5.74) is 3.97. The molecule has 3 heterocycles. The van der Waals surface area contributed by atoms with Gasteiger partial charge < -0.3 is 16.0 Å². The number of benzene rings is 1. The summed E-state index contributed by atoms with van der Waals surface area (Å²) in [7, 11) is 0. The van der Waals surface area contributed by atoms with Gasteiger partial charge in [0.1, 0.15) is 12.7 Å². The maximum absolute atomic E-state index is 12.3. The second kappa shape index (κ2) is 8.22. The van der Waals surface area contributed by atoms with Crippen LogP contribution >= 0.6 is 0 Å². The van der Waals surface area contributed by atoms with Crippen molar-refractivity contribution in [2.75, 3.05) is 6.54 Å². The maximum Gasteiger partial charge on any atom is 0.315 e. The van der Waals surface area contributed by atoms with E-state index >= 15 is 0 Å². The molecule has 0 unspecified atom stereocenters. The second-order valence-corrected chi connectivity index (χ2v) is 6.86. The summed E-state index contributed by atoms with van der Waals surface area (Å²) < 4.78 is 3.71. The number of carbonyl (C=O) groups is 1. The highest BCUT2D eigenvalue weighted by molar-refractivity contribution is 5.74. The molecule has 0 radical (unpaired) electrons. The average Bonchev–Trinajstić information content (AvgIpc) is 3.32. The lowest BCUT2D eigenvalue weighted by molar-refractivity contribution is 0.237. The molecule has 0 saturated heterocycles. The highest BCUT2D eigenvalue weighted by Crippen LogP contribution is 2.15. The number of rotatable bonds is 5. The van der Waals surface area contributed by atoms with Crippen LogP contribution < -0.4 is 16.0 Å². The van der Waals surface area contributed by atoms with Gasteiger partial charge in [-0.2, -0.15) is 10.2 Å². The van der Waals surface area contributed by atoms with Crippen molar-refractivity contribution in [1.29, 1.82) is 0 Å². The van der Waals surface area contributed by atoms with E-state index in [9.17, 15) is 4.79 Å². The van der Waals surface area contributed by atoms with Crippen molar-refractivity contribution in [3.63, 3.8) is 0 Å². The third kappa shape index (κ3) is 4.20. The Labute approximate surface area is 163 Å². The van der Waals surface area contributed by atoms with E-state index in [4.69, 9.17) is 0 Å². The van der Waals surface area contributed by atoms with Crippen molar-refractivity contribution in [2.24, 2.45) is 0 Å². The van der Waals surface area contributed by atoms with Crippen LogP contribution in [0.5, 0.6) is 0 Å². The van der Waals surface area contributed by atoms with Crippen LogP contribution in [0.25, 0.3) is 5.69 Å². The van der Waals surface area contributed by atoms with Crippen LogP contribution in [0, 0.1) is 0 Å². The Balaban J connectivity index is 1.30. The number of aryl methyl sites for hydroxylation is 1. The molecule has 0 saturated carbocycles. The smallest absolute Gasteiger partial charge is 0.315 e. The number of fused-ring (bicyclic) bond motifs is 1. The molecule has 28 heavy (non-hydrogen) atoms. The molecule has 1 atom stereocenters. The molecule has 146 valence electrons. The summed E-state index contributed by atoms with van der Waals surface area (Å²) in [6.45, 7) is 5.10. The molecule has 0 fully saturated rings. The summed E-state index contributed by atoms with van der Waals surface area (Å²) >= 11 is 0. The lowest BCUT2D eigenvalue weighted by Gasteiger charge is -2.15. The van der Waals surface area contributed by atoms with Crippen LogP contribution in [0.15, 0.2) is 43.0 Å². The molecule has 1 aliphatic heterocycles. The molecular formula is C19H24N8O. The first-order valence-electron chi connectivity index (χ1n) is 9.45. The van der Waals surface area contributed by atoms with E-state index in [2.05, 4.69) is 31.1 Å². The van der Waals surface area contributed by atoms with E-state index in [-0.39, 0.29) is 12.1 Å². The molecule has 3 aromatic rings. The Bertz CT molecular complexity index is 893. The molecule has 0 bridgehead atoms. The third-order valence-electron chi connectivity index (χ3n) is 4.80. The number of amides is 2. The molecule has 3 N–H and O–H groups in total. The summed E-state index contributed by atoms with van der Waals surface area (Å²) in [4.78, 5) is 16.2. The quantitative estimate of drug-likeness (QED) is 0.623. The Morgan fingerprint density at radius 3 is 2.96 bits per heavy atom. The fourth-order valence-electron chi connectivity index (χ4n) is 3.27. The van der Waals surface area contributed by atoms with Gasteiger partial charge in [-0.05, 0) is 43.7 Å². The van der Waals surface area contributed by atoms with Crippen molar-refractivity contribution in [3.8, 4) is 5.69 Å². The van der Waals surface area contributed by atoms with Gasteiger partial charge in [-0.1, -0.05) is 12.1 Å². The van der Waals surface area contributed by atoms with Crippen LogP contribution in [0.1, 0.15) is 36.3 Å². The summed E-state index contributed by atoms with van der Waals surface area (Å²) in [6, 6.07) is 9.56. The molecule has 4 rings (SSSR count). The van der Waals surface area contributed by atoms with Crippen molar-refractivity contribution in [1.82, 2.24) is 40.5 Å². The van der Waals surface area contributed by atoms with Crippen LogP contribution in [0.2, 0.25) is 0 Å². The van der Waals surface area contributed by atoms with E-state index in [0.29, 0.717) is 6.54 Å². The van der Waals surface area contributed by atoms with E-state index in [1.807, 2.05) is 41.9 Å². The van der Waals surface area contributed by atoms with Gasteiger partial charge >= 0.3 is 6.03 Å². The highest BCUT2D eigenvalue weighted by Gasteiger charge is 2.13. The van der Waals surface area contributed by atoms with Crippen LogP contribution in [0.3, 0.4) is 0 Å². The molecule has 9 nitrogen and oxygen atoms in total. The average molecular weight is 380 g/mol. The van der Waals surface area contributed by atoms with Gasteiger partial charge in [0.25, 0.3) is 0 Å². The SMILES string of the molecule is C[C@@H](NC(=O)NCc1cc2n(n1)CCCNC2)c1ccc(-n2cncn2)cc1. The highest BCUT2D eigenvalue weighted by atomic mass is 16.2. The van der Waals surface area contributed by atoms with Crippen molar-refractivity contribution < 1.29 is 4.79 Å². The predicted molar refractivity (Wildman–Crippen MR) is 104 cm³/mol. The molecule has 1 aliphatic rings. The van der Waals surface area contributed by atoms with Gasteiger partial charge in [0.15, 0.2) is 0 Å². The Morgan fingerprint density at radius 1 is 1.32 bits per heavy atom. The van der Waals surface area contributed by atoms with E-state index < -0.39 is 0 Å². The zero-order chi connectivity index (χ0) is 19.3. The predicted octanol–water partition coefficient (Wildman–Crippen LogP) is 1.52. The molecule has 2 aromatic heterocycles. The first-order chi connectivity index (χ1) is 13.7. The van der Waals surface area contributed by atoms with Crippen LogP contribution in [-0.4, -0.2) is 37.1 Å². The largest absolute Gasteiger partial charge is 0.332 e. The molecule has 0 spiro atoms. The summed E-state index contributed by atoms with van der Waals surface area (Å²) in [5.74, 6) is 0. The molecule has 2 amide bonds. The number of carbonyl (C=O) groups excluding carboxylic acids is 1. The van der Waals surface area contributed by atoms with Gasteiger partial charge in [-0.15, -0.1) is 0 Å². The van der Waals surface area contributed by atoms with Gasteiger partial charge in [-0.25, -0.2) is 14.5 Å². The lowest BCUT2D eigenvalue weighted by atomic mass is 10.1. The van der Waals surface area contributed by atoms with Crippen molar-refractivity contribution in [2.45, 2.75) is 39.0 Å². The Morgan fingerprint density at radius 2 is 2.18 bits per heavy atom. The van der Waals surface area contributed by atoms with Gasteiger partial charge in [0.2, 0.25) is 0 Å². The minimum Gasteiger partial charge on any atom is -0.332 e. The fraction of sp³-hybridized carbons (Fsp3) is 0.368. The number of hydrogen-bond acceptors (Lipinski definition) is 5. The number of nitrogens with zero attached hydrogens (tertiary/aromatic N) is 5. The zero-order valence-electron chi connectivity index (χ0n) is 15.8. The van der Waals surface area contributed by atoms with E-state index in [1.165, 1.54) is 6.33 Å². The number of urea groups is 1. The van der Waals surface area contributed by atoms with E-state index in [1.54, 1.807) is 11.0 Å². The molecule has 1 aromatic carbocycles. The first-order valence-corrected chi connectivity index (χ1v) is 9.45. The van der Waals surface area contributed by atoms with Crippen LogP contribution in [0.4, 0.5) is 4.79 Å². The van der Waals surface area contributed by atoms with Gasteiger partial charge in [-0.3, -0.25) is 4.68 Å². The molecule has 9 heteroatoms. The number of hydrogen-bond donors (Lipinski definition) is 3. The van der Waals surface area contributed by atoms with Gasteiger partial charge in [0.05, 0.1) is 29.7 Å². The third-order valence-corrected chi connectivity index (χ3v) is 4.80. The second-order valence-electron chi connectivity index (χ2n) is 6.86.